The minimum Gasteiger partial charge on any atom is -0.465 e. The van der Waals surface area contributed by atoms with Crippen molar-refractivity contribution in [1.82, 2.24) is 4.98 Å². The number of nitrogens with zero attached hydrogens (tertiary/aromatic N) is 1. The van der Waals surface area contributed by atoms with E-state index in [2.05, 4.69) is 11.1 Å². The minimum absolute atomic E-state index is 0.246. The van der Waals surface area contributed by atoms with Gasteiger partial charge in [0.25, 0.3) is 0 Å². The molecule has 1 aromatic heterocycles. The molecule has 3 rings (SSSR count). The Balaban J connectivity index is 2.13. The van der Waals surface area contributed by atoms with Gasteiger partial charge in [0.2, 0.25) is 0 Å². The Morgan fingerprint density at radius 2 is 2.14 bits per heavy atom. The van der Waals surface area contributed by atoms with Crippen LogP contribution in [0.15, 0.2) is 36.5 Å². The van der Waals surface area contributed by atoms with E-state index in [1.165, 1.54) is 7.11 Å². The van der Waals surface area contributed by atoms with Gasteiger partial charge in [0.05, 0.1) is 30.4 Å². The SMILES string of the molecule is COC(=O)c1ccnc2ccc(C3=CC(C)(C)OC3)cc12. The number of aromatic nitrogens is 1. The van der Waals surface area contributed by atoms with Crippen molar-refractivity contribution in [2.24, 2.45) is 0 Å². The summed E-state index contributed by atoms with van der Waals surface area (Å²) >= 11 is 0. The molecule has 4 heteroatoms. The monoisotopic (exact) mass is 283 g/mol. The second kappa shape index (κ2) is 4.97. The fourth-order valence-corrected chi connectivity index (χ4v) is 2.57. The number of ether oxygens (including phenoxy) is 2. The van der Waals surface area contributed by atoms with Crippen LogP contribution >= 0.6 is 0 Å². The average Bonchev–Trinajstić information content (AvgIpc) is 2.85. The molecule has 4 nitrogen and oxygen atoms in total. The lowest BCUT2D eigenvalue weighted by Gasteiger charge is -2.12. The number of carbonyl (C=O) groups is 1. The van der Waals surface area contributed by atoms with Gasteiger partial charge in [-0.05, 0) is 49.3 Å². The van der Waals surface area contributed by atoms with E-state index in [1.807, 2.05) is 32.0 Å². The number of fused-ring (bicyclic) bond motifs is 1. The molecule has 21 heavy (non-hydrogen) atoms. The molecule has 0 unspecified atom stereocenters. The molecule has 1 aromatic carbocycles. The van der Waals surface area contributed by atoms with Crippen molar-refractivity contribution in [2.45, 2.75) is 19.4 Å². The minimum atomic E-state index is -0.350. The van der Waals surface area contributed by atoms with Crippen molar-refractivity contribution in [3.63, 3.8) is 0 Å². The third-order valence-corrected chi connectivity index (χ3v) is 3.64. The number of benzene rings is 1. The summed E-state index contributed by atoms with van der Waals surface area (Å²) in [5.74, 6) is -0.350. The standard InChI is InChI=1S/C17H17NO3/c1-17(2)9-12(10-21-17)11-4-5-15-14(8-11)13(6-7-18-15)16(19)20-3/h4-9H,10H2,1-3H3. The fourth-order valence-electron chi connectivity index (χ4n) is 2.57. The Morgan fingerprint density at radius 3 is 2.81 bits per heavy atom. The van der Waals surface area contributed by atoms with Gasteiger partial charge in [-0.1, -0.05) is 6.07 Å². The summed E-state index contributed by atoms with van der Waals surface area (Å²) in [4.78, 5) is 16.2. The first kappa shape index (κ1) is 13.8. The number of methoxy groups -OCH3 is 1. The molecule has 0 radical (unpaired) electrons. The van der Waals surface area contributed by atoms with Crippen molar-refractivity contribution in [1.29, 1.82) is 0 Å². The highest BCUT2D eigenvalue weighted by Gasteiger charge is 2.24. The first-order valence-corrected chi connectivity index (χ1v) is 6.83. The Hall–Kier alpha value is -2.20. The molecule has 2 heterocycles. The number of hydrogen-bond acceptors (Lipinski definition) is 4. The Labute approximate surface area is 123 Å². The molecule has 0 amide bonds. The third-order valence-electron chi connectivity index (χ3n) is 3.64. The Kier molecular flexibility index (Phi) is 3.26. The van der Waals surface area contributed by atoms with Crippen molar-refractivity contribution < 1.29 is 14.3 Å². The zero-order valence-corrected chi connectivity index (χ0v) is 12.3. The van der Waals surface area contributed by atoms with E-state index in [-0.39, 0.29) is 11.6 Å². The molecule has 108 valence electrons. The maximum absolute atomic E-state index is 11.9. The summed E-state index contributed by atoms with van der Waals surface area (Å²) in [6.07, 6.45) is 3.73. The molecular formula is C17H17NO3. The summed E-state index contributed by atoms with van der Waals surface area (Å²) in [5.41, 5.74) is 3.24. The highest BCUT2D eigenvalue weighted by Crippen LogP contribution is 2.31. The second-order valence-corrected chi connectivity index (χ2v) is 5.64. The van der Waals surface area contributed by atoms with E-state index in [9.17, 15) is 4.79 Å². The highest BCUT2D eigenvalue weighted by atomic mass is 16.5. The van der Waals surface area contributed by atoms with E-state index in [4.69, 9.17) is 9.47 Å². The van der Waals surface area contributed by atoms with Gasteiger partial charge >= 0.3 is 5.97 Å². The molecule has 2 aromatic rings. The lowest BCUT2D eigenvalue weighted by atomic mass is 9.99. The quantitative estimate of drug-likeness (QED) is 0.794. The summed E-state index contributed by atoms with van der Waals surface area (Å²) in [6.45, 7) is 4.64. The number of carbonyl (C=O) groups excluding carboxylic acids is 1. The molecule has 1 aliphatic heterocycles. The highest BCUT2D eigenvalue weighted by molar-refractivity contribution is 6.04. The largest absolute Gasteiger partial charge is 0.465 e. The topological polar surface area (TPSA) is 48.4 Å². The molecule has 0 spiro atoms. The summed E-state index contributed by atoms with van der Waals surface area (Å²) in [6, 6.07) is 7.59. The zero-order chi connectivity index (χ0) is 15.0. The van der Waals surface area contributed by atoms with Crippen LogP contribution in [0.1, 0.15) is 29.8 Å². The Bertz CT molecular complexity index is 747. The van der Waals surface area contributed by atoms with E-state index < -0.39 is 0 Å². The van der Waals surface area contributed by atoms with Crippen LogP contribution < -0.4 is 0 Å². The molecule has 0 saturated heterocycles. The van der Waals surface area contributed by atoms with Crippen molar-refractivity contribution in [3.8, 4) is 0 Å². The molecule has 0 N–H and O–H groups in total. The fraction of sp³-hybridized carbons (Fsp3) is 0.294. The first-order chi connectivity index (χ1) is 10.00. The van der Waals surface area contributed by atoms with Crippen LogP contribution in [0.4, 0.5) is 0 Å². The van der Waals surface area contributed by atoms with E-state index in [0.29, 0.717) is 12.2 Å². The predicted octanol–water partition coefficient (Wildman–Crippen LogP) is 3.21. The van der Waals surface area contributed by atoms with Gasteiger partial charge in [0, 0.05) is 11.6 Å². The molecule has 0 atom stereocenters. The van der Waals surface area contributed by atoms with Gasteiger partial charge in [0.15, 0.2) is 0 Å². The number of pyridine rings is 1. The summed E-state index contributed by atoms with van der Waals surface area (Å²) in [5, 5.41) is 0.799. The number of hydrogen-bond donors (Lipinski definition) is 0. The lowest BCUT2D eigenvalue weighted by Crippen LogP contribution is -2.15. The van der Waals surface area contributed by atoms with Crippen LogP contribution in [-0.2, 0) is 9.47 Å². The van der Waals surface area contributed by atoms with Gasteiger partial charge in [-0.2, -0.15) is 0 Å². The van der Waals surface area contributed by atoms with Crippen molar-refractivity contribution >= 4 is 22.4 Å². The smallest absolute Gasteiger partial charge is 0.338 e. The third kappa shape index (κ3) is 2.54. The van der Waals surface area contributed by atoms with Crippen molar-refractivity contribution in [3.05, 3.63) is 47.7 Å². The Morgan fingerprint density at radius 1 is 1.33 bits per heavy atom. The van der Waals surface area contributed by atoms with Crippen LogP contribution in [0.3, 0.4) is 0 Å². The van der Waals surface area contributed by atoms with E-state index >= 15 is 0 Å². The number of esters is 1. The van der Waals surface area contributed by atoms with Crippen molar-refractivity contribution in [2.75, 3.05) is 13.7 Å². The van der Waals surface area contributed by atoms with Gasteiger partial charge in [-0.15, -0.1) is 0 Å². The van der Waals surface area contributed by atoms with Gasteiger partial charge in [-0.25, -0.2) is 4.79 Å². The summed E-state index contributed by atoms with van der Waals surface area (Å²) < 4.78 is 10.6. The van der Waals surface area contributed by atoms with Crippen LogP contribution in [0.25, 0.3) is 16.5 Å². The van der Waals surface area contributed by atoms with Gasteiger partial charge in [0.1, 0.15) is 0 Å². The molecule has 0 aliphatic carbocycles. The average molecular weight is 283 g/mol. The second-order valence-electron chi connectivity index (χ2n) is 5.64. The lowest BCUT2D eigenvalue weighted by molar-refractivity contribution is 0.0589. The zero-order valence-electron chi connectivity index (χ0n) is 12.3. The van der Waals surface area contributed by atoms with Gasteiger partial charge < -0.3 is 9.47 Å². The molecule has 0 fully saturated rings. The number of rotatable bonds is 2. The molecular weight excluding hydrogens is 266 g/mol. The van der Waals surface area contributed by atoms with E-state index in [0.717, 1.165) is 22.0 Å². The molecule has 0 bridgehead atoms. The first-order valence-electron chi connectivity index (χ1n) is 6.83. The van der Waals surface area contributed by atoms with Crippen LogP contribution in [0.2, 0.25) is 0 Å². The maximum atomic E-state index is 11.9. The predicted molar refractivity (Wildman–Crippen MR) is 81.1 cm³/mol. The van der Waals surface area contributed by atoms with Gasteiger partial charge in [-0.3, -0.25) is 4.98 Å². The summed E-state index contributed by atoms with van der Waals surface area (Å²) in [7, 11) is 1.38. The van der Waals surface area contributed by atoms with Crippen LogP contribution in [0, 0.1) is 0 Å². The molecule has 0 saturated carbocycles. The maximum Gasteiger partial charge on any atom is 0.338 e. The van der Waals surface area contributed by atoms with Crippen LogP contribution in [0.5, 0.6) is 0 Å². The molecule has 1 aliphatic rings. The normalized spacial score (nSPS) is 16.8. The van der Waals surface area contributed by atoms with E-state index in [1.54, 1.807) is 12.3 Å². The van der Waals surface area contributed by atoms with Crippen LogP contribution in [-0.4, -0.2) is 30.3 Å².